The maximum atomic E-state index is 13.1. The highest BCUT2D eigenvalue weighted by Crippen LogP contribution is 2.38. The summed E-state index contributed by atoms with van der Waals surface area (Å²) < 4.78 is 21.9. The largest absolute Gasteiger partial charge is 0.466 e. The van der Waals surface area contributed by atoms with Gasteiger partial charge >= 0.3 is 18.2 Å². The number of hydrogen-bond donors (Lipinski definition) is 2. The van der Waals surface area contributed by atoms with Crippen LogP contribution in [0.25, 0.3) is 0 Å². The van der Waals surface area contributed by atoms with E-state index >= 15 is 0 Å². The quantitative estimate of drug-likeness (QED) is 0.430. The second-order valence-corrected chi connectivity index (χ2v) is 10.5. The van der Waals surface area contributed by atoms with Crippen LogP contribution in [0, 0.1) is 0 Å². The van der Waals surface area contributed by atoms with Crippen LogP contribution in [-0.2, 0) is 23.7 Å². The van der Waals surface area contributed by atoms with Gasteiger partial charge in [0, 0.05) is 24.6 Å². The molecule has 0 aromatic carbocycles. The third-order valence-corrected chi connectivity index (χ3v) is 5.08. The SMILES string of the molecule is CCOC(=O)CC[C@H]1O[C@H](c2ccncc2N(C(=O)OC(C)(C)C)C(=O)OC(C)(C)C)C[C@@H](O)[C@@H]1O. The van der Waals surface area contributed by atoms with E-state index in [1.54, 1.807) is 54.5 Å². The van der Waals surface area contributed by atoms with Gasteiger partial charge in [0.15, 0.2) is 0 Å². The molecule has 2 heterocycles. The molecule has 1 aliphatic rings. The Kier molecular flexibility index (Phi) is 9.81. The molecule has 1 aliphatic heterocycles. The second kappa shape index (κ2) is 12.0. The first-order valence-electron chi connectivity index (χ1n) is 12.0. The third kappa shape index (κ3) is 8.42. The first-order chi connectivity index (χ1) is 16.6. The molecule has 0 spiro atoms. The van der Waals surface area contributed by atoms with Gasteiger partial charge in [-0.2, -0.15) is 4.90 Å². The third-order valence-electron chi connectivity index (χ3n) is 5.08. The van der Waals surface area contributed by atoms with Crippen molar-refractivity contribution in [3.8, 4) is 0 Å². The van der Waals surface area contributed by atoms with E-state index in [0.29, 0.717) is 5.56 Å². The van der Waals surface area contributed by atoms with E-state index in [9.17, 15) is 24.6 Å². The minimum absolute atomic E-state index is 0.0137. The van der Waals surface area contributed by atoms with Crippen LogP contribution in [0.5, 0.6) is 0 Å². The Labute approximate surface area is 211 Å². The first-order valence-corrected chi connectivity index (χ1v) is 12.0. The molecule has 0 radical (unpaired) electrons. The Morgan fingerprint density at radius 3 is 2.19 bits per heavy atom. The van der Waals surface area contributed by atoms with Crippen molar-refractivity contribution in [2.24, 2.45) is 0 Å². The van der Waals surface area contributed by atoms with Crippen molar-refractivity contribution in [3.63, 3.8) is 0 Å². The van der Waals surface area contributed by atoms with Crippen molar-refractivity contribution in [3.05, 3.63) is 24.0 Å². The smallest absolute Gasteiger partial charge is 0.424 e. The summed E-state index contributed by atoms with van der Waals surface area (Å²) in [5.41, 5.74) is -1.40. The Bertz CT molecular complexity index is 895. The number of pyridine rings is 1. The van der Waals surface area contributed by atoms with Crippen molar-refractivity contribution >= 4 is 23.8 Å². The summed E-state index contributed by atoms with van der Waals surface area (Å²) in [6.07, 6.45) is -3.24. The molecule has 11 nitrogen and oxygen atoms in total. The lowest BCUT2D eigenvalue weighted by Crippen LogP contribution is -2.47. The zero-order valence-electron chi connectivity index (χ0n) is 22.0. The molecule has 1 aromatic rings. The Balaban J connectivity index is 2.42. The minimum Gasteiger partial charge on any atom is -0.466 e. The highest BCUT2D eigenvalue weighted by atomic mass is 16.6. The molecule has 1 saturated heterocycles. The molecule has 2 rings (SSSR count). The number of esters is 1. The minimum atomic E-state index is -1.23. The summed E-state index contributed by atoms with van der Waals surface area (Å²) in [7, 11) is 0. The van der Waals surface area contributed by atoms with Gasteiger partial charge in [0.1, 0.15) is 17.3 Å². The van der Waals surface area contributed by atoms with Gasteiger partial charge in [0.05, 0.1) is 36.8 Å². The summed E-state index contributed by atoms with van der Waals surface area (Å²) in [5.74, 6) is -0.449. The average Bonchev–Trinajstić information content (AvgIpc) is 2.73. The number of imide groups is 1. The monoisotopic (exact) mass is 510 g/mol. The number of aromatic nitrogens is 1. The van der Waals surface area contributed by atoms with E-state index in [4.69, 9.17) is 18.9 Å². The van der Waals surface area contributed by atoms with Crippen molar-refractivity contribution in [2.45, 2.75) is 103 Å². The first kappa shape index (κ1) is 29.5. The van der Waals surface area contributed by atoms with Crippen molar-refractivity contribution < 1.29 is 43.5 Å². The molecule has 0 saturated carbocycles. The van der Waals surface area contributed by atoms with Crippen LogP contribution in [-0.4, -0.2) is 69.5 Å². The molecule has 36 heavy (non-hydrogen) atoms. The van der Waals surface area contributed by atoms with Gasteiger partial charge in [-0.25, -0.2) is 9.59 Å². The van der Waals surface area contributed by atoms with E-state index in [1.165, 1.54) is 12.4 Å². The molecule has 0 bridgehead atoms. The van der Waals surface area contributed by atoms with E-state index in [-0.39, 0.29) is 31.6 Å². The van der Waals surface area contributed by atoms with Crippen LogP contribution < -0.4 is 4.90 Å². The highest BCUT2D eigenvalue weighted by Gasteiger charge is 2.41. The topological polar surface area (TPSA) is 145 Å². The molecule has 202 valence electrons. The lowest BCUT2D eigenvalue weighted by molar-refractivity contribution is -0.175. The zero-order chi connectivity index (χ0) is 27.3. The number of aliphatic hydroxyl groups excluding tert-OH is 2. The Hall–Kier alpha value is -2.76. The van der Waals surface area contributed by atoms with Crippen LogP contribution in [0.3, 0.4) is 0 Å². The number of anilines is 1. The number of hydrogen-bond acceptors (Lipinski definition) is 10. The molecule has 2 amide bonds. The normalized spacial score (nSPS) is 22.5. The van der Waals surface area contributed by atoms with Crippen molar-refractivity contribution in [1.82, 2.24) is 4.98 Å². The van der Waals surface area contributed by atoms with Crippen molar-refractivity contribution in [1.29, 1.82) is 0 Å². The number of rotatable bonds is 6. The lowest BCUT2D eigenvalue weighted by Gasteiger charge is -2.38. The Morgan fingerprint density at radius 2 is 1.67 bits per heavy atom. The van der Waals surface area contributed by atoms with Gasteiger partial charge in [-0.05, 0) is 61.0 Å². The van der Waals surface area contributed by atoms with Crippen LogP contribution in [0.1, 0.15) is 79.4 Å². The number of amides is 2. The number of ether oxygens (including phenoxy) is 4. The predicted octanol–water partition coefficient (Wildman–Crippen LogP) is 3.65. The Morgan fingerprint density at radius 1 is 1.08 bits per heavy atom. The number of nitrogens with zero attached hydrogens (tertiary/aromatic N) is 2. The van der Waals surface area contributed by atoms with Gasteiger partial charge < -0.3 is 29.2 Å². The summed E-state index contributed by atoms with van der Waals surface area (Å²) >= 11 is 0. The maximum Gasteiger partial charge on any atom is 0.424 e. The number of aliphatic hydroxyl groups is 2. The maximum absolute atomic E-state index is 13.1. The van der Waals surface area contributed by atoms with E-state index < -0.39 is 53.8 Å². The van der Waals surface area contributed by atoms with Gasteiger partial charge in [-0.15, -0.1) is 0 Å². The van der Waals surface area contributed by atoms with E-state index in [2.05, 4.69) is 4.98 Å². The molecule has 0 aliphatic carbocycles. The summed E-state index contributed by atoms with van der Waals surface area (Å²) in [4.78, 5) is 42.9. The van der Waals surface area contributed by atoms with Crippen LogP contribution in [0.2, 0.25) is 0 Å². The molecule has 4 atom stereocenters. The van der Waals surface area contributed by atoms with Crippen LogP contribution >= 0.6 is 0 Å². The number of carbonyl (C=O) groups excluding carboxylic acids is 3. The van der Waals surface area contributed by atoms with E-state index in [1.807, 2.05) is 0 Å². The molecule has 11 heteroatoms. The lowest BCUT2D eigenvalue weighted by atomic mass is 9.91. The van der Waals surface area contributed by atoms with Gasteiger partial charge in [0.25, 0.3) is 0 Å². The number of carbonyl (C=O) groups is 3. The predicted molar refractivity (Wildman–Crippen MR) is 129 cm³/mol. The van der Waals surface area contributed by atoms with Gasteiger partial charge in [-0.3, -0.25) is 9.78 Å². The fraction of sp³-hybridized carbons (Fsp3) is 0.680. The summed E-state index contributed by atoms with van der Waals surface area (Å²) in [5, 5.41) is 21.0. The average molecular weight is 511 g/mol. The molecule has 0 unspecified atom stereocenters. The van der Waals surface area contributed by atoms with Crippen LogP contribution in [0.4, 0.5) is 15.3 Å². The molecule has 1 aromatic heterocycles. The molecular formula is C25H38N2O9. The zero-order valence-corrected chi connectivity index (χ0v) is 22.0. The van der Waals surface area contributed by atoms with Crippen molar-refractivity contribution in [2.75, 3.05) is 11.5 Å². The summed E-state index contributed by atoms with van der Waals surface area (Å²) in [6.45, 7) is 11.9. The van der Waals surface area contributed by atoms with Gasteiger partial charge in [-0.1, -0.05) is 0 Å². The fourth-order valence-corrected chi connectivity index (χ4v) is 3.63. The molecule has 1 fully saturated rings. The second-order valence-electron chi connectivity index (χ2n) is 10.5. The fourth-order valence-electron chi connectivity index (χ4n) is 3.63. The molecular weight excluding hydrogens is 472 g/mol. The van der Waals surface area contributed by atoms with Crippen LogP contribution in [0.15, 0.2) is 18.5 Å². The standard InChI is InChI=1S/C25H38N2O9/c1-8-33-20(29)10-9-18-21(30)17(28)13-19(34-18)15-11-12-26-14-16(15)27(22(31)35-24(2,3)4)23(32)36-25(5,6)7/h11-12,14,17-19,21,28,30H,8-10,13H2,1-7H3/t17-,18-,19+,21+/m1/s1. The van der Waals surface area contributed by atoms with Gasteiger partial charge in [0.2, 0.25) is 0 Å². The molecule has 2 N–H and O–H groups in total. The van der Waals surface area contributed by atoms with E-state index in [0.717, 1.165) is 4.90 Å². The summed E-state index contributed by atoms with van der Waals surface area (Å²) in [6, 6.07) is 1.55. The highest BCUT2D eigenvalue weighted by molar-refractivity contribution is 6.10.